The molecule has 0 aliphatic heterocycles. The Labute approximate surface area is 162 Å². The Bertz CT molecular complexity index is 883. The zero-order valence-electron chi connectivity index (χ0n) is 14.7. The van der Waals surface area contributed by atoms with Crippen LogP contribution in [0.5, 0.6) is 0 Å². The minimum Gasteiger partial charge on any atom is -0.386 e. The molecule has 0 saturated carbocycles. The summed E-state index contributed by atoms with van der Waals surface area (Å²) in [4.78, 5) is 15.3. The van der Waals surface area contributed by atoms with E-state index in [-0.39, 0.29) is 5.56 Å². The van der Waals surface area contributed by atoms with Crippen LogP contribution in [0.25, 0.3) is 11.1 Å². The first-order valence-corrected chi connectivity index (χ1v) is 9.61. The molecule has 0 fully saturated rings. The predicted octanol–water partition coefficient (Wildman–Crippen LogP) is 2.77. The summed E-state index contributed by atoms with van der Waals surface area (Å²) in [6.07, 6.45) is 0.365. The topological polar surface area (TPSA) is 98.4 Å². The molecule has 1 unspecified atom stereocenters. The van der Waals surface area contributed by atoms with Crippen molar-refractivity contribution in [3.05, 3.63) is 48.2 Å². The molecule has 0 saturated heterocycles. The van der Waals surface area contributed by atoms with E-state index >= 15 is 0 Å². The van der Waals surface area contributed by atoms with E-state index in [2.05, 4.69) is 9.35 Å². The van der Waals surface area contributed by atoms with Crippen molar-refractivity contribution in [3.8, 4) is 17.3 Å². The fraction of sp³-hybridized carbons (Fsp3) is 0.278. The molecule has 148 valence electrons. The summed E-state index contributed by atoms with van der Waals surface area (Å²) in [5.74, 6) is -1.64. The highest BCUT2D eigenvalue weighted by Crippen LogP contribution is 2.24. The third-order valence-electron chi connectivity index (χ3n) is 3.88. The van der Waals surface area contributed by atoms with Crippen LogP contribution >= 0.6 is 0 Å². The molecule has 0 bridgehead atoms. The van der Waals surface area contributed by atoms with Gasteiger partial charge in [0.2, 0.25) is 6.19 Å². The molecular formula is C18H17F3N4O2S. The molecule has 28 heavy (non-hydrogen) atoms. The number of aliphatic hydroxyl groups excluding tert-OH is 1. The normalized spacial score (nSPS) is 14.3. The lowest BCUT2D eigenvalue weighted by molar-refractivity contribution is -0.133. The number of aromatic nitrogens is 1. The maximum atomic E-state index is 13.1. The highest BCUT2D eigenvalue weighted by molar-refractivity contribution is 7.86. The number of amides is 1. The molecule has 1 amide bonds. The van der Waals surface area contributed by atoms with Gasteiger partial charge in [-0.3, -0.25) is 4.79 Å². The number of hydrogen-bond acceptors (Lipinski definition) is 5. The minimum atomic E-state index is -3.29. The van der Waals surface area contributed by atoms with Crippen LogP contribution in [0.15, 0.2) is 52.0 Å². The van der Waals surface area contributed by atoms with Gasteiger partial charge in [-0.05, 0) is 34.1 Å². The fourth-order valence-electron chi connectivity index (χ4n) is 2.39. The second-order valence-electron chi connectivity index (χ2n) is 5.69. The van der Waals surface area contributed by atoms with E-state index in [1.807, 2.05) is 0 Å². The molecule has 0 aliphatic rings. The Balaban J connectivity index is 2.15. The Hall–Kier alpha value is -2.77. The van der Waals surface area contributed by atoms with Gasteiger partial charge in [-0.1, -0.05) is 30.3 Å². The monoisotopic (exact) mass is 410 g/mol. The zero-order chi connectivity index (χ0) is 20.7. The number of benzene rings is 1. The van der Waals surface area contributed by atoms with E-state index in [0.29, 0.717) is 5.03 Å². The Morgan fingerprint density at radius 3 is 2.43 bits per heavy atom. The number of hydrogen-bond donors (Lipinski definition) is 2. The Morgan fingerprint density at radius 1 is 1.29 bits per heavy atom. The quantitative estimate of drug-likeness (QED) is 0.686. The molecule has 6 nitrogen and oxygen atoms in total. The average Bonchev–Trinajstić information content (AvgIpc) is 2.71. The number of nitrogens with one attached hydrogen (secondary N) is 1. The van der Waals surface area contributed by atoms with Crippen molar-refractivity contribution in [1.82, 2.24) is 10.3 Å². The third kappa shape index (κ3) is 5.37. The van der Waals surface area contributed by atoms with Crippen molar-refractivity contribution in [1.29, 1.82) is 5.26 Å². The van der Waals surface area contributed by atoms with Crippen molar-refractivity contribution in [3.63, 3.8) is 0 Å². The van der Waals surface area contributed by atoms with E-state index < -0.39 is 41.8 Å². The van der Waals surface area contributed by atoms with Crippen LogP contribution in [0.2, 0.25) is 0 Å². The molecular weight excluding hydrogens is 393 g/mol. The Kier molecular flexibility index (Phi) is 7.66. The second-order valence-corrected chi connectivity index (χ2v) is 7.25. The van der Waals surface area contributed by atoms with E-state index in [0.717, 1.165) is 11.1 Å². The molecule has 0 aliphatic carbocycles. The molecule has 10 heteroatoms. The smallest absolute Gasteiger partial charge is 0.315 e. The van der Waals surface area contributed by atoms with Crippen LogP contribution in [-0.4, -0.2) is 41.4 Å². The number of nitrogens with zero attached hydrogens (tertiary/aromatic N) is 3. The molecule has 1 aromatic heterocycles. The van der Waals surface area contributed by atoms with Crippen molar-refractivity contribution in [2.75, 3.05) is 12.9 Å². The van der Waals surface area contributed by atoms with Gasteiger partial charge in [0.15, 0.2) is 0 Å². The average molecular weight is 410 g/mol. The van der Waals surface area contributed by atoms with E-state index in [1.165, 1.54) is 12.1 Å². The summed E-state index contributed by atoms with van der Waals surface area (Å²) in [6.45, 7) is -1.19. The molecule has 0 spiro atoms. The van der Waals surface area contributed by atoms with Crippen molar-refractivity contribution in [2.45, 2.75) is 23.6 Å². The summed E-state index contributed by atoms with van der Waals surface area (Å²) >= 11 is 0. The number of aliphatic hydroxyl groups is 1. The molecule has 0 radical (unpaired) electrons. The highest BCUT2D eigenvalue weighted by Gasteiger charge is 2.26. The van der Waals surface area contributed by atoms with Gasteiger partial charge in [-0.25, -0.2) is 9.37 Å². The number of rotatable bonds is 7. The van der Waals surface area contributed by atoms with Crippen LogP contribution in [-0.2, 0) is 15.5 Å². The van der Waals surface area contributed by atoms with Crippen LogP contribution in [0.1, 0.15) is 11.7 Å². The number of pyridine rings is 1. The summed E-state index contributed by atoms with van der Waals surface area (Å²) < 4.78 is 41.4. The molecule has 1 heterocycles. The van der Waals surface area contributed by atoms with Crippen molar-refractivity contribution in [2.24, 2.45) is 4.36 Å². The Morgan fingerprint density at radius 2 is 1.93 bits per heavy atom. The standard InChI is InChI=1S/C18H17F3N4O2S/c1-28(24-10-22)15-7-6-13(9-23-15)11-2-4-12(5-3-11)16(26)14(8-19)25-18(27)17(20)21/h2-7,9,14,16-17,26H,8H2,1H3,(H,25,27)/t14-,16-,28?/m1/s1. The maximum absolute atomic E-state index is 13.1. The van der Waals surface area contributed by atoms with Gasteiger partial charge < -0.3 is 10.4 Å². The summed E-state index contributed by atoms with van der Waals surface area (Å²) in [5.41, 5.74) is 1.80. The predicted molar refractivity (Wildman–Crippen MR) is 98.1 cm³/mol. The SMILES string of the molecule is CS(=NC#N)c1ccc(-c2ccc([C@@H](O)[C@@H](CF)NC(=O)C(F)F)cc2)cn1. The minimum absolute atomic E-state index is 0.272. The molecule has 2 aromatic rings. The fourth-order valence-corrected chi connectivity index (χ4v) is 3.07. The number of halogens is 3. The van der Waals surface area contributed by atoms with E-state index in [4.69, 9.17) is 5.26 Å². The van der Waals surface area contributed by atoms with Crippen molar-refractivity contribution >= 4 is 16.6 Å². The number of carbonyl (C=O) groups excluding carboxylic acids is 1. The van der Waals surface area contributed by atoms with Gasteiger partial charge in [0.1, 0.15) is 17.8 Å². The first-order chi connectivity index (χ1) is 13.4. The first kappa shape index (κ1) is 21.5. The van der Waals surface area contributed by atoms with Gasteiger partial charge in [-0.15, -0.1) is 4.36 Å². The zero-order valence-corrected chi connectivity index (χ0v) is 15.5. The van der Waals surface area contributed by atoms with Gasteiger partial charge >= 0.3 is 6.43 Å². The van der Waals surface area contributed by atoms with Crippen LogP contribution in [0.4, 0.5) is 13.2 Å². The largest absolute Gasteiger partial charge is 0.386 e. The summed E-state index contributed by atoms with van der Waals surface area (Å²) in [6, 6.07) is 8.43. The lowest BCUT2D eigenvalue weighted by Gasteiger charge is -2.22. The molecule has 2 N–H and O–H groups in total. The van der Waals surface area contributed by atoms with E-state index in [1.54, 1.807) is 48.2 Å². The van der Waals surface area contributed by atoms with Gasteiger partial charge in [0.25, 0.3) is 5.91 Å². The summed E-state index contributed by atoms with van der Waals surface area (Å²) in [5, 5.41) is 21.2. The molecule has 3 atom stereocenters. The first-order valence-electron chi connectivity index (χ1n) is 8.02. The highest BCUT2D eigenvalue weighted by atomic mass is 32.2. The third-order valence-corrected chi connectivity index (χ3v) is 5.08. The molecule has 1 aromatic carbocycles. The van der Waals surface area contributed by atoms with Crippen LogP contribution < -0.4 is 5.32 Å². The van der Waals surface area contributed by atoms with Gasteiger partial charge in [0.05, 0.1) is 6.04 Å². The second kappa shape index (κ2) is 9.96. The number of carbonyl (C=O) groups is 1. The van der Waals surface area contributed by atoms with Gasteiger partial charge in [-0.2, -0.15) is 14.0 Å². The van der Waals surface area contributed by atoms with E-state index in [9.17, 15) is 23.1 Å². The number of nitriles is 1. The maximum Gasteiger partial charge on any atom is 0.315 e. The van der Waals surface area contributed by atoms with Gasteiger partial charge in [0, 0.05) is 11.8 Å². The molecule has 2 rings (SSSR count). The van der Waals surface area contributed by atoms with Crippen molar-refractivity contribution < 1.29 is 23.1 Å². The van der Waals surface area contributed by atoms with Crippen LogP contribution in [0.3, 0.4) is 0 Å². The van der Waals surface area contributed by atoms with Crippen LogP contribution in [0, 0.1) is 11.5 Å². The lowest BCUT2D eigenvalue weighted by Crippen LogP contribution is -2.43. The summed E-state index contributed by atoms with van der Waals surface area (Å²) in [7, 11) is -0.627. The lowest BCUT2D eigenvalue weighted by atomic mass is 9.99. The number of alkyl halides is 3.